The van der Waals surface area contributed by atoms with Gasteiger partial charge in [-0.15, -0.1) is 0 Å². The van der Waals surface area contributed by atoms with Crippen molar-refractivity contribution in [1.29, 1.82) is 0 Å². The van der Waals surface area contributed by atoms with Crippen LogP contribution in [0.15, 0.2) is 66.2 Å². The Hall–Kier alpha value is -3.61. The molecule has 2 heterocycles. The van der Waals surface area contributed by atoms with E-state index in [9.17, 15) is 9.59 Å². The highest BCUT2D eigenvalue weighted by Crippen LogP contribution is 2.27. The number of amides is 3. The van der Waals surface area contributed by atoms with Crippen LogP contribution in [0, 0.1) is 0 Å². The van der Waals surface area contributed by atoms with Crippen LogP contribution in [0.25, 0.3) is 11.0 Å². The second kappa shape index (κ2) is 10.1. The summed E-state index contributed by atoms with van der Waals surface area (Å²) in [6.07, 6.45) is 8.35. The van der Waals surface area contributed by atoms with Crippen molar-refractivity contribution < 1.29 is 9.59 Å². The Morgan fingerprint density at radius 1 is 1.00 bits per heavy atom. The molecule has 176 valence electrons. The van der Waals surface area contributed by atoms with Gasteiger partial charge in [0.05, 0.1) is 11.0 Å². The molecule has 0 radical (unpaired) electrons. The van der Waals surface area contributed by atoms with Crippen molar-refractivity contribution in [2.45, 2.75) is 51.1 Å². The van der Waals surface area contributed by atoms with Crippen molar-refractivity contribution in [2.75, 3.05) is 18.0 Å². The Balaban J connectivity index is 1.28. The average Bonchev–Trinajstić information content (AvgIpc) is 3.44. The third-order valence-corrected chi connectivity index (χ3v) is 6.70. The molecule has 1 atom stereocenters. The van der Waals surface area contributed by atoms with Crippen molar-refractivity contribution in [3.63, 3.8) is 0 Å². The number of hydrogen-bond donors (Lipinski definition) is 2. The topological polar surface area (TPSA) is 79.3 Å². The molecule has 2 N–H and O–H groups in total. The average molecular weight is 458 g/mol. The third-order valence-electron chi connectivity index (χ3n) is 6.70. The zero-order chi connectivity index (χ0) is 23.3. The number of carbonyl (C=O) groups excluding carboxylic acids is 2. The number of anilines is 1. The summed E-state index contributed by atoms with van der Waals surface area (Å²) in [6, 6.07) is 16.7. The van der Waals surface area contributed by atoms with Gasteiger partial charge in [0.2, 0.25) is 11.9 Å². The number of carbonyl (C=O) groups is 2. The minimum Gasteiger partial charge on any atom is -0.354 e. The SMILES string of the molecule is O=C(NCCC1=CCCCC1)[C@H](Cc1ccccc1)NC(=O)N1CCn2c1nc1ccccc12. The Labute approximate surface area is 199 Å². The van der Waals surface area contributed by atoms with E-state index in [-0.39, 0.29) is 11.9 Å². The van der Waals surface area contributed by atoms with Gasteiger partial charge in [0.1, 0.15) is 6.04 Å². The number of para-hydroxylation sites is 2. The molecule has 7 nitrogen and oxygen atoms in total. The van der Waals surface area contributed by atoms with Gasteiger partial charge < -0.3 is 15.2 Å². The van der Waals surface area contributed by atoms with Crippen LogP contribution in [-0.2, 0) is 17.8 Å². The van der Waals surface area contributed by atoms with Gasteiger partial charge in [-0.3, -0.25) is 9.69 Å². The number of benzene rings is 2. The van der Waals surface area contributed by atoms with E-state index in [1.807, 2.05) is 54.6 Å². The lowest BCUT2D eigenvalue weighted by atomic mass is 9.97. The van der Waals surface area contributed by atoms with Crippen LogP contribution >= 0.6 is 0 Å². The summed E-state index contributed by atoms with van der Waals surface area (Å²) in [6.45, 7) is 1.81. The maximum Gasteiger partial charge on any atom is 0.324 e. The fourth-order valence-corrected chi connectivity index (χ4v) is 4.87. The van der Waals surface area contributed by atoms with E-state index >= 15 is 0 Å². The molecule has 5 rings (SSSR count). The Morgan fingerprint density at radius 3 is 2.65 bits per heavy atom. The van der Waals surface area contributed by atoms with E-state index < -0.39 is 6.04 Å². The molecule has 7 heteroatoms. The highest BCUT2D eigenvalue weighted by Gasteiger charge is 2.31. The van der Waals surface area contributed by atoms with Gasteiger partial charge in [-0.25, -0.2) is 9.78 Å². The molecule has 2 aliphatic rings. The van der Waals surface area contributed by atoms with E-state index in [2.05, 4.69) is 26.3 Å². The van der Waals surface area contributed by atoms with Crippen molar-refractivity contribution in [3.8, 4) is 0 Å². The fraction of sp³-hybridized carbons (Fsp3) is 0.370. The zero-order valence-electron chi connectivity index (χ0n) is 19.4. The van der Waals surface area contributed by atoms with Gasteiger partial charge in [0, 0.05) is 26.1 Å². The maximum atomic E-state index is 13.3. The quantitative estimate of drug-likeness (QED) is 0.523. The fourth-order valence-electron chi connectivity index (χ4n) is 4.87. The summed E-state index contributed by atoms with van der Waals surface area (Å²) in [4.78, 5) is 32.7. The van der Waals surface area contributed by atoms with E-state index in [0.29, 0.717) is 32.0 Å². The first-order valence-corrected chi connectivity index (χ1v) is 12.2. The lowest BCUT2D eigenvalue weighted by Gasteiger charge is -2.22. The molecule has 1 aliphatic heterocycles. The predicted octanol–water partition coefficient (Wildman–Crippen LogP) is 4.18. The summed E-state index contributed by atoms with van der Waals surface area (Å²) in [5.74, 6) is 0.475. The molecule has 3 amide bonds. The monoisotopic (exact) mass is 457 g/mol. The molecular formula is C27H31N5O2. The van der Waals surface area contributed by atoms with Gasteiger partial charge >= 0.3 is 6.03 Å². The molecule has 0 saturated heterocycles. The first-order valence-electron chi connectivity index (χ1n) is 12.2. The molecule has 3 aromatic rings. The van der Waals surface area contributed by atoms with Crippen LogP contribution in [0.2, 0.25) is 0 Å². The maximum absolute atomic E-state index is 13.3. The number of hydrogen-bond acceptors (Lipinski definition) is 3. The summed E-state index contributed by atoms with van der Waals surface area (Å²) < 4.78 is 2.05. The van der Waals surface area contributed by atoms with Gasteiger partial charge in [-0.1, -0.05) is 54.1 Å². The largest absolute Gasteiger partial charge is 0.354 e. The minimum absolute atomic E-state index is 0.152. The molecule has 0 unspecified atom stereocenters. The normalized spacial score (nSPS) is 16.1. The van der Waals surface area contributed by atoms with E-state index in [1.165, 1.54) is 18.4 Å². The lowest BCUT2D eigenvalue weighted by molar-refractivity contribution is -0.122. The summed E-state index contributed by atoms with van der Waals surface area (Å²) >= 11 is 0. The predicted molar refractivity (Wildman–Crippen MR) is 134 cm³/mol. The summed E-state index contributed by atoms with van der Waals surface area (Å²) in [7, 11) is 0. The molecule has 0 bridgehead atoms. The Bertz CT molecular complexity index is 1200. The Morgan fingerprint density at radius 2 is 1.82 bits per heavy atom. The summed E-state index contributed by atoms with van der Waals surface area (Å²) in [5, 5.41) is 6.04. The number of imidazole rings is 1. The van der Waals surface area contributed by atoms with Crippen LogP contribution in [0.5, 0.6) is 0 Å². The van der Waals surface area contributed by atoms with Crippen molar-refractivity contribution in [2.24, 2.45) is 0 Å². The first-order chi connectivity index (χ1) is 16.7. The van der Waals surface area contributed by atoms with Crippen LogP contribution in [-0.4, -0.2) is 40.6 Å². The van der Waals surface area contributed by atoms with E-state index in [1.54, 1.807) is 4.90 Å². The van der Waals surface area contributed by atoms with Gasteiger partial charge in [0.25, 0.3) is 0 Å². The van der Waals surface area contributed by atoms with Crippen LogP contribution in [0.1, 0.15) is 37.7 Å². The molecule has 1 aliphatic carbocycles. The third kappa shape index (κ3) is 4.83. The highest BCUT2D eigenvalue weighted by molar-refractivity contribution is 5.96. The van der Waals surface area contributed by atoms with Crippen molar-refractivity contribution >= 4 is 28.9 Å². The first kappa shape index (κ1) is 22.2. The minimum atomic E-state index is -0.659. The number of nitrogens with zero attached hydrogens (tertiary/aromatic N) is 3. The molecule has 34 heavy (non-hydrogen) atoms. The van der Waals surface area contributed by atoms with E-state index in [0.717, 1.165) is 35.9 Å². The molecule has 1 aromatic heterocycles. The Kier molecular flexibility index (Phi) is 6.60. The molecular weight excluding hydrogens is 426 g/mol. The standard InChI is InChI=1S/C27H31N5O2/c33-25(28-16-15-20-9-3-1-4-10-20)23(19-21-11-5-2-6-12-21)30-27(34)32-18-17-31-24-14-8-7-13-22(24)29-26(31)32/h2,5-9,11-14,23H,1,3-4,10,15-19H2,(H,28,33)(H,30,34)/t23-/m0/s1. The molecule has 0 saturated carbocycles. The number of nitrogens with one attached hydrogen (secondary N) is 2. The summed E-state index contributed by atoms with van der Waals surface area (Å²) in [5.41, 5.74) is 4.31. The number of aromatic nitrogens is 2. The number of allylic oxidation sites excluding steroid dienone is 1. The van der Waals surface area contributed by atoms with Gasteiger partial charge in [0.15, 0.2) is 0 Å². The number of rotatable bonds is 7. The van der Waals surface area contributed by atoms with E-state index in [4.69, 9.17) is 0 Å². The second-order valence-corrected chi connectivity index (χ2v) is 9.04. The van der Waals surface area contributed by atoms with Gasteiger partial charge in [-0.05, 0) is 49.8 Å². The highest BCUT2D eigenvalue weighted by atomic mass is 16.2. The van der Waals surface area contributed by atoms with Crippen molar-refractivity contribution in [1.82, 2.24) is 20.2 Å². The van der Waals surface area contributed by atoms with Gasteiger partial charge in [-0.2, -0.15) is 0 Å². The second-order valence-electron chi connectivity index (χ2n) is 9.04. The van der Waals surface area contributed by atoms with Crippen LogP contribution in [0.3, 0.4) is 0 Å². The lowest BCUT2D eigenvalue weighted by Crippen LogP contribution is -2.52. The zero-order valence-corrected chi connectivity index (χ0v) is 19.4. The molecule has 0 spiro atoms. The smallest absolute Gasteiger partial charge is 0.324 e. The number of fused-ring (bicyclic) bond motifs is 3. The van der Waals surface area contributed by atoms with Crippen LogP contribution < -0.4 is 15.5 Å². The van der Waals surface area contributed by atoms with Crippen molar-refractivity contribution in [3.05, 3.63) is 71.8 Å². The molecule has 0 fully saturated rings. The number of urea groups is 1. The molecule has 2 aromatic carbocycles. The van der Waals surface area contributed by atoms with Crippen LogP contribution in [0.4, 0.5) is 10.7 Å².